The Hall–Kier alpha value is -2.90. The SMILES string of the molecule is CNC(=O)NC(=O)[C@@H](C)OC(=O)c1ccc(NC(=O)C23CC4CC(CC(C4)C2)C3)cc1. The molecule has 0 aromatic heterocycles. The highest BCUT2D eigenvalue weighted by Gasteiger charge is 2.54. The lowest BCUT2D eigenvalue weighted by atomic mass is 9.49. The molecule has 5 rings (SSSR count). The molecule has 166 valence electrons. The zero-order chi connectivity index (χ0) is 22.2. The van der Waals surface area contributed by atoms with Crippen molar-refractivity contribution in [2.75, 3.05) is 12.4 Å². The zero-order valence-electron chi connectivity index (χ0n) is 17.9. The van der Waals surface area contributed by atoms with Gasteiger partial charge in [0.15, 0.2) is 6.10 Å². The Morgan fingerprint density at radius 3 is 2.03 bits per heavy atom. The molecule has 3 N–H and O–H groups in total. The molecule has 1 aromatic rings. The van der Waals surface area contributed by atoms with E-state index in [1.807, 2.05) is 0 Å². The molecule has 4 bridgehead atoms. The lowest BCUT2D eigenvalue weighted by molar-refractivity contribution is -0.140. The maximum atomic E-state index is 13.1. The summed E-state index contributed by atoms with van der Waals surface area (Å²) in [7, 11) is 1.38. The second-order valence-corrected chi connectivity index (χ2v) is 9.35. The van der Waals surface area contributed by atoms with E-state index >= 15 is 0 Å². The molecule has 4 amide bonds. The third kappa shape index (κ3) is 4.43. The van der Waals surface area contributed by atoms with Crippen LogP contribution in [0.15, 0.2) is 24.3 Å². The first-order chi connectivity index (χ1) is 14.8. The van der Waals surface area contributed by atoms with Crippen molar-refractivity contribution in [3.63, 3.8) is 0 Å². The van der Waals surface area contributed by atoms with Gasteiger partial charge >= 0.3 is 12.0 Å². The summed E-state index contributed by atoms with van der Waals surface area (Å²) in [5.74, 6) is 0.775. The topological polar surface area (TPSA) is 114 Å². The van der Waals surface area contributed by atoms with Crippen LogP contribution in [-0.4, -0.2) is 37.0 Å². The maximum absolute atomic E-state index is 13.1. The first kappa shape index (κ1) is 21.3. The van der Waals surface area contributed by atoms with Gasteiger partial charge < -0.3 is 15.4 Å². The fourth-order valence-electron chi connectivity index (χ4n) is 5.90. The minimum Gasteiger partial charge on any atom is -0.449 e. The Bertz CT molecular complexity index is 860. The van der Waals surface area contributed by atoms with Gasteiger partial charge in [0, 0.05) is 12.7 Å². The van der Waals surface area contributed by atoms with Crippen molar-refractivity contribution in [3.8, 4) is 0 Å². The van der Waals surface area contributed by atoms with Gasteiger partial charge in [-0.25, -0.2) is 9.59 Å². The fraction of sp³-hybridized carbons (Fsp3) is 0.565. The number of amides is 4. The minimum absolute atomic E-state index is 0.0985. The molecule has 0 spiro atoms. The third-order valence-corrected chi connectivity index (χ3v) is 7.02. The van der Waals surface area contributed by atoms with Crippen molar-refractivity contribution in [1.29, 1.82) is 0 Å². The van der Waals surface area contributed by atoms with E-state index in [0.717, 1.165) is 19.3 Å². The highest BCUT2D eigenvalue weighted by atomic mass is 16.5. The van der Waals surface area contributed by atoms with Gasteiger partial charge in [-0.3, -0.25) is 14.9 Å². The van der Waals surface area contributed by atoms with Crippen LogP contribution in [0.25, 0.3) is 0 Å². The van der Waals surface area contributed by atoms with Crippen LogP contribution in [-0.2, 0) is 14.3 Å². The first-order valence-electron chi connectivity index (χ1n) is 10.9. The number of carbonyl (C=O) groups is 4. The summed E-state index contributed by atoms with van der Waals surface area (Å²) in [4.78, 5) is 48.4. The van der Waals surface area contributed by atoms with Gasteiger partial charge in [-0.1, -0.05) is 0 Å². The molecule has 0 aliphatic heterocycles. The largest absolute Gasteiger partial charge is 0.449 e. The Morgan fingerprint density at radius 2 is 1.52 bits per heavy atom. The van der Waals surface area contributed by atoms with Crippen molar-refractivity contribution >= 4 is 29.5 Å². The average Bonchev–Trinajstić information content (AvgIpc) is 2.73. The molecule has 0 heterocycles. The lowest BCUT2D eigenvalue weighted by Crippen LogP contribution is -2.51. The summed E-state index contributed by atoms with van der Waals surface area (Å²) in [6, 6.07) is 5.78. The number of hydrogen-bond donors (Lipinski definition) is 3. The summed E-state index contributed by atoms with van der Waals surface area (Å²) in [6.45, 7) is 1.39. The molecule has 4 saturated carbocycles. The Balaban J connectivity index is 1.34. The van der Waals surface area contributed by atoms with E-state index in [1.54, 1.807) is 24.3 Å². The number of anilines is 1. The summed E-state index contributed by atoms with van der Waals surface area (Å²) in [5.41, 5.74) is 0.662. The Labute approximate surface area is 181 Å². The second-order valence-electron chi connectivity index (χ2n) is 9.35. The molecule has 4 fully saturated rings. The van der Waals surface area contributed by atoms with Gasteiger partial charge in [-0.05, 0) is 87.5 Å². The summed E-state index contributed by atoms with van der Waals surface area (Å²) in [6.07, 6.45) is 5.69. The minimum atomic E-state index is -1.12. The molecule has 1 atom stereocenters. The number of esters is 1. The summed E-state index contributed by atoms with van der Waals surface area (Å²) in [5, 5.41) is 7.36. The van der Waals surface area contributed by atoms with Crippen LogP contribution in [0, 0.1) is 23.2 Å². The highest BCUT2D eigenvalue weighted by Crippen LogP contribution is 2.60. The van der Waals surface area contributed by atoms with E-state index in [2.05, 4.69) is 16.0 Å². The van der Waals surface area contributed by atoms with Gasteiger partial charge in [0.05, 0.1) is 11.0 Å². The number of imide groups is 1. The van der Waals surface area contributed by atoms with Gasteiger partial charge in [-0.15, -0.1) is 0 Å². The smallest absolute Gasteiger partial charge is 0.338 e. The van der Waals surface area contributed by atoms with E-state index in [-0.39, 0.29) is 16.9 Å². The van der Waals surface area contributed by atoms with Crippen LogP contribution in [0.2, 0.25) is 0 Å². The van der Waals surface area contributed by atoms with E-state index in [1.165, 1.54) is 33.2 Å². The van der Waals surface area contributed by atoms with Crippen molar-refractivity contribution in [2.45, 2.75) is 51.6 Å². The number of nitrogens with one attached hydrogen (secondary N) is 3. The third-order valence-electron chi connectivity index (χ3n) is 7.02. The Morgan fingerprint density at radius 1 is 0.968 bits per heavy atom. The van der Waals surface area contributed by atoms with Crippen LogP contribution in [0.3, 0.4) is 0 Å². The van der Waals surface area contributed by atoms with Gasteiger partial charge in [-0.2, -0.15) is 0 Å². The van der Waals surface area contributed by atoms with Crippen LogP contribution in [0.5, 0.6) is 0 Å². The number of rotatable bonds is 5. The molecule has 0 unspecified atom stereocenters. The molecule has 31 heavy (non-hydrogen) atoms. The standard InChI is InChI=1S/C23H29N3O5/c1-13(19(27)26-22(30)24-2)31-20(28)17-3-5-18(6-4-17)25-21(29)23-10-14-7-15(11-23)9-16(8-14)12-23/h3-6,13-16H,7-12H2,1-2H3,(H,25,29)(H2,24,26,27,30)/t13-,14?,15?,16?,23?/m1/s1. The van der Waals surface area contributed by atoms with Crippen molar-refractivity contribution in [3.05, 3.63) is 29.8 Å². The number of hydrogen-bond acceptors (Lipinski definition) is 5. The monoisotopic (exact) mass is 427 g/mol. The van der Waals surface area contributed by atoms with E-state index in [9.17, 15) is 19.2 Å². The molecule has 4 aliphatic carbocycles. The number of benzene rings is 1. The number of ether oxygens (including phenoxy) is 1. The molecular formula is C23H29N3O5. The normalized spacial score (nSPS) is 29.0. The van der Waals surface area contributed by atoms with Gasteiger partial charge in [0.2, 0.25) is 5.91 Å². The second kappa shape index (κ2) is 8.32. The molecular weight excluding hydrogens is 398 g/mol. The number of carbonyl (C=O) groups excluding carboxylic acids is 4. The quantitative estimate of drug-likeness (QED) is 0.626. The molecule has 1 aromatic carbocycles. The predicted molar refractivity (Wildman–Crippen MR) is 113 cm³/mol. The van der Waals surface area contributed by atoms with Crippen molar-refractivity contribution in [2.24, 2.45) is 23.2 Å². The maximum Gasteiger partial charge on any atom is 0.338 e. The number of urea groups is 1. The lowest BCUT2D eigenvalue weighted by Gasteiger charge is -2.55. The molecule has 4 aliphatic rings. The van der Waals surface area contributed by atoms with E-state index < -0.39 is 24.0 Å². The van der Waals surface area contributed by atoms with Gasteiger partial charge in [0.25, 0.3) is 5.91 Å². The summed E-state index contributed by atoms with van der Waals surface area (Å²) < 4.78 is 5.11. The molecule has 8 nitrogen and oxygen atoms in total. The molecule has 8 heteroatoms. The van der Waals surface area contributed by atoms with Crippen LogP contribution < -0.4 is 16.0 Å². The molecule has 0 radical (unpaired) electrons. The Kier molecular flexibility index (Phi) is 5.73. The average molecular weight is 428 g/mol. The van der Waals surface area contributed by atoms with Gasteiger partial charge in [0.1, 0.15) is 0 Å². The highest BCUT2D eigenvalue weighted by molar-refractivity contribution is 5.99. The fourth-order valence-corrected chi connectivity index (χ4v) is 5.90. The van der Waals surface area contributed by atoms with E-state index in [4.69, 9.17) is 4.74 Å². The predicted octanol–water partition coefficient (Wildman–Crippen LogP) is 2.84. The van der Waals surface area contributed by atoms with Crippen LogP contribution >= 0.6 is 0 Å². The summed E-state index contributed by atoms with van der Waals surface area (Å²) >= 11 is 0. The zero-order valence-corrected chi connectivity index (χ0v) is 17.9. The van der Waals surface area contributed by atoms with Crippen LogP contribution in [0.4, 0.5) is 10.5 Å². The van der Waals surface area contributed by atoms with E-state index in [0.29, 0.717) is 23.4 Å². The molecule has 0 saturated heterocycles. The first-order valence-corrected chi connectivity index (χ1v) is 10.9. The van der Waals surface area contributed by atoms with Crippen LogP contribution in [0.1, 0.15) is 55.8 Å². The van der Waals surface area contributed by atoms with Crippen molar-refractivity contribution < 1.29 is 23.9 Å². The van der Waals surface area contributed by atoms with Crippen molar-refractivity contribution in [1.82, 2.24) is 10.6 Å².